The Balaban J connectivity index is 2.11. The number of aliphatic carboxylic acids is 2. The van der Waals surface area contributed by atoms with Gasteiger partial charge in [-0.25, -0.2) is 4.68 Å². The van der Waals surface area contributed by atoms with Crippen LogP contribution in [-0.2, 0) is 19.2 Å². The molecule has 0 aliphatic carbocycles. The second-order valence-electron chi connectivity index (χ2n) is 6.84. The van der Waals surface area contributed by atoms with E-state index in [1.54, 1.807) is 0 Å². The maximum absolute atomic E-state index is 12.6. The lowest BCUT2D eigenvalue weighted by atomic mass is 10.1. The monoisotopic (exact) mass is 406 g/mol. The van der Waals surface area contributed by atoms with Gasteiger partial charge in [-0.15, -0.1) is 5.10 Å². The lowest BCUT2D eigenvalue weighted by molar-refractivity contribution is -0.141. The number of nitrogens with zero attached hydrogens (tertiary/aromatic N) is 4. The van der Waals surface area contributed by atoms with Crippen LogP contribution in [0.1, 0.15) is 44.0 Å². The smallest absolute Gasteiger partial charge is 0.327 e. The number of likely N-dealkylation sites (N-methyl/N-ethyl adjacent to an activating group) is 1. The van der Waals surface area contributed by atoms with Crippen LogP contribution in [0.3, 0.4) is 0 Å². The van der Waals surface area contributed by atoms with Gasteiger partial charge in [-0.3, -0.25) is 19.2 Å². The molecule has 4 N–H and O–H groups in total. The van der Waals surface area contributed by atoms with Crippen molar-refractivity contribution in [3.63, 3.8) is 0 Å². The Hall–Kier alpha value is -2.80. The number of Topliss-reactive ketones (excluding diaryl/α,β-unsaturated/α-hetero) is 1. The SMILES string of the molecule is [B]NC(CCC(=O)N1CC(n2cc(C(NC)C(=O)O)nn2)CC1C(C)=O)C(=O)O. The largest absolute Gasteiger partial charge is 0.480 e. The van der Waals surface area contributed by atoms with Crippen LogP contribution >= 0.6 is 0 Å². The van der Waals surface area contributed by atoms with Crippen LogP contribution in [0.15, 0.2) is 6.20 Å². The summed E-state index contributed by atoms with van der Waals surface area (Å²) in [6.07, 6.45) is 1.66. The van der Waals surface area contributed by atoms with Crippen molar-refractivity contribution < 1.29 is 29.4 Å². The summed E-state index contributed by atoms with van der Waals surface area (Å²) in [6.45, 7) is 1.56. The summed E-state index contributed by atoms with van der Waals surface area (Å²) in [5, 5.41) is 30.8. The zero-order chi connectivity index (χ0) is 21.7. The Labute approximate surface area is 168 Å². The van der Waals surface area contributed by atoms with Gasteiger partial charge in [-0.05, 0) is 26.8 Å². The van der Waals surface area contributed by atoms with Crippen LogP contribution in [0.4, 0.5) is 0 Å². The number of carboxylic acid groups (broad SMARTS) is 2. The number of carbonyl (C=O) groups excluding carboxylic acids is 2. The first-order valence-electron chi connectivity index (χ1n) is 9.00. The summed E-state index contributed by atoms with van der Waals surface area (Å²) in [5.74, 6) is -2.85. The Kier molecular flexibility index (Phi) is 7.45. The average molecular weight is 406 g/mol. The van der Waals surface area contributed by atoms with E-state index < -0.39 is 30.1 Å². The number of hydrogen-bond acceptors (Lipinski definition) is 8. The highest BCUT2D eigenvalue weighted by Gasteiger charge is 2.39. The van der Waals surface area contributed by atoms with Gasteiger partial charge in [-0.2, -0.15) is 0 Å². The number of likely N-dealkylation sites (tertiary alicyclic amines) is 1. The van der Waals surface area contributed by atoms with Crippen LogP contribution in [0, 0.1) is 0 Å². The predicted octanol–water partition coefficient (Wildman–Crippen LogP) is -1.74. The maximum Gasteiger partial charge on any atom is 0.327 e. The predicted molar refractivity (Wildman–Crippen MR) is 98.8 cm³/mol. The molecule has 1 aliphatic rings. The normalized spacial score (nSPS) is 21.0. The molecule has 1 aliphatic heterocycles. The topological polar surface area (TPSA) is 167 Å². The molecular weight excluding hydrogens is 383 g/mol. The minimum absolute atomic E-state index is 0.0214. The van der Waals surface area contributed by atoms with Gasteiger partial charge >= 0.3 is 11.9 Å². The van der Waals surface area contributed by atoms with Gasteiger partial charge in [0.15, 0.2) is 19.8 Å². The summed E-state index contributed by atoms with van der Waals surface area (Å²) < 4.78 is 1.45. The van der Waals surface area contributed by atoms with Crippen molar-refractivity contribution >= 4 is 31.6 Å². The number of aromatic nitrogens is 3. The molecule has 29 heavy (non-hydrogen) atoms. The fourth-order valence-corrected chi connectivity index (χ4v) is 3.36. The number of carboxylic acids is 2. The molecule has 2 rings (SSSR count). The Morgan fingerprint density at radius 3 is 2.52 bits per heavy atom. The first-order chi connectivity index (χ1) is 13.7. The Morgan fingerprint density at radius 2 is 2.00 bits per heavy atom. The van der Waals surface area contributed by atoms with Crippen LogP contribution in [0.25, 0.3) is 0 Å². The molecule has 1 saturated heterocycles. The average Bonchev–Trinajstić information content (AvgIpc) is 3.29. The number of carbonyl (C=O) groups is 4. The number of rotatable bonds is 10. The fourth-order valence-electron chi connectivity index (χ4n) is 3.36. The summed E-state index contributed by atoms with van der Waals surface area (Å²) in [4.78, 5) is 48.3. The first kappa shape index (κ1) is 22.5. The number of nitrogens with one attached hydrogen (secondary N) is 2. The molecule has 4 unspecified atom stereocenters. The van der Waals surface area contributed by atoms with Gasteiger partial charge in [0, 0.05) is 13.0 Å². The molecular formula is C16H23BN6O6. The van der Waals surface area contributed by atoms with E-state index in [-0.39, 0.29) is 42.8 Å². The second-order valence-corrected chi connectivity index (χ2v) is 6.84. The molecule has 1 amide bonds. The molecule has 4 atom stereocenters. The first-order valence-corrected chi connectivity index (χ1v) is 9.00. The van der Waals surface area contributed by atoms with Crippen molar-refractivity contribution in [3.8, 4) is 0 Å². The quantitative estimate of drug-likeness (QED) is 0.328. The molecule has 2 heterocycles. The van der Waals surface area contributed by atoms with Crippen molar-refractivity contribution in [1.29, 1.82) is 0 Å². The van der Waals surface area contributed by atoms with Crippen LogP contribution in [-0.4, -0.2) is 87.4 Å². The highest BCUT2D eigenvalue weighted by Crippen LogP contribution is 2.29. The van der Waals surface area contributed by atoms with E-state index in [0.29, 0.717) is 6.42 Å². The van der Waals surface area contributed by atoms with E-state index in [0.717, 1.165) is 0 Å². The number of amides is 1. The van der Waals surface area contributed by atoms with Crippen molar-refractivity contribution in [1.82, 2.24) is 30.4 Å². The lowest BCUT2D eigenvalue weighted by Crippen LogP contribution is -2.41. The molecule has 12 nitrogen and oxygen atoms in total. The third kappa shape index (κ3) is 5.18. The molecule has 0 saturated carbocycles. The molecule has 156 valence electrons. The molecule has 1 aromatic rings. The number of ketones is 1. The van der Waals surface area contributed by atoms with Crippen molar-refractivity contribution in [2.45, 2.75) is 50.4 Å². The summed E-state index contributed by atoms with van der Waals surface area (Å²) in [5.41, 5.74) is 0.211. The summed E-state index contributed by atoms with van der Waals surface area (Å²) in [7, 11) is 6.66. The van der Waals surface area contributed by atoms with Crippen molar-refractivity contribution in [2.75, 3.05) is 13.6 Å². The van der Waals surface area contributed by atoms with Gasteiger partial charge in [0.1, 0.15) is 5.69 Å². The van der Waals surface area contributed by atoms with E-state index in [2.05, 4.69) is 20.9 Å². The van der Waals surface area contributed by atoms with Crippen molar-refractivity contribution in [2.24, 2.45) is 0 Å². The highest BCUT2D eigenvalue weighted by atomic mass is 16.4. The Bertz CT molecular complexity index is 786. The minimum atomic E-state index is -1.17. The van der Waals surface area contributed by atoms with Crippen LogP contribution in [0.5, 0.6) is 0 Å². The standard InChI is InChI=1S/C16H23BN6O6/c1-8(24)12-5-9(23-7-11(20-21-23)14(18-2)16(28)29)6-22(12)13(25)4-3-10(19-17)15(26)27/h7,9-10,12,14,18-19H,3-6H2,1-2H3,(H,26,27)(H,28,29). The summed E-state index contributed by atoms with van der Waals surface area (Å²) in [6, 6.07) is -3.12. The van der Waals surface area contributed by atoms with Gasteiger partial charge in [0.25, 0.3) is 0 Å². The molecule has 13 heteroatoms. The van der Waals surface area contributed by atoms with E-state index in [1.165, 1.54) is 29.7 Å². The van der Waals surface area contributed by atoms with Crippen LogP contribution < -0.4 is 10.5 Å². The third-order valence-electron chi connectivity index (χ3n) is 4.95. The van der Waals surface area contributed by atoms with E-state index in [1.807, 2.05) is 0 Å². The van der Waals surface area contributed by atoms with Gasteiger partial charge < -0.3 is 25.7 Å². The molecule has 2 radical (unpaired) electrons. The van der Waals surface area contributed by atoms with E-state index >= 15 is 0 Å². The zero-order valence-corrected chi connectivity index (χ0v) is 16.1. The highest BCUT2D eigenvalue weighted by molar-refractivity contribution is 6.06. The molecule has 0 spiro atoms. The van der Waals surface area contributed by atoms with Crippen LogP contribution in [0.2, 0.25) is 0 Å². The van der Waals surface area contributed by atoms with Gasteiger partial charge in [0.2, 0.25) is 5.91 Å². The number of hydrogen-bond donors (Lipinski definition) is 4. The maximum atomic E-state index is 12.6. The lowest BCUT2D eigenvalue weighted by Gasteiger charge is -2.23. The molecule has 0 aromatic carbocycles. The Morgan fingerprint density at radius 1 is 1.31 bits per heavy atom. The van der Waals surface area contributed by atoms with Gasteiger partial charge in [-0.1, -0.05) is 5.21 Å². The molecule has 0 bridgehead atoms. The van der Waals surface area contributed by atoms with Gasteiger partial charge in [0.05, 0.1) is 24.3 Å². The molecule has 1 fully saturated rings. The fraction of sp³-hybridized carbons (Fsp3) is 0.625. The third-order valence-corrected chi connectivity index (χ3v) is 4.95. The zero-order valence-electron chi connectivity index (χ0n) is 16.1. The second kappa shape index (κ2) is 9.61. The molecule has 1 aromatic heterocycles. The van der Waals surface area contributed by atoms with Crippen molar-refractivity contribution in [3.05, 3.63) is 11.9 Å². The summed E-state index contributed by atoms with van der Waals surface area (Å²) >= 11 is 0. The van der Waals surface area contributed by atoms with E-state index in [9.17, 15) is 24.3 Å². The minimum Gasteiger partial charge on any atom is -0.480 e. The van der Waals surface area contributed by atoms with E-state index in [4.69, 9.17) is 13.1 Å².